The van der Waals surface area contributed by atoms with Gasteiger partial charge in [-0.05, 0) is 93.3 Å². The second kappa shape index (κ2) is 14.5. The molecular weight excluding hydrogens is 607 g/mol. The number of hydrogen-bond acceptors (Lipinski definition) is 5. The molecule has 1 saturated heterocycles. The average molecular weight is 642 g/mol. The Bertz CT molecular complexity index is 1560. The minimum Gasteiger partial charge on any atom is -0.489 e. The van der Waals surface area contributed by atoms with E-state index in [2.05, 4.69) is 20.9 Å². The zero-order valence-electron chi connectivity index (χ0n) is 25.2. The maximum Gasteiger partial charge on any atom is 0.416 e. The Labute approximate surface area is 263 Å². The molecule has 13 heteroatoms. The summed E-state index contributed by atoms with van der Waals surface area (Å²) in [5.74, 6) is 0.504. The number of alkyl halides is 3. The summed E-state index contributed by atoms with van der Waals surface area (Å²) in [5, 5.41) is 8.23. The van der Waals surface area contributed by atoms with Crippen LogP contribution in [0.4, 0.5) is 39.8 Å². The molecule has 0 aromatic heterocycles. The minimum atomic E-state index is -4.46. The lowest BCUT2D eigenvalue weighted by Gasteiger charge is -2.22. The molecule has 2 atom stereocenters. The fraction of sp³-hybridized carbons (Fsp3) is 0.312. The molecule has 3 aromatic rings. The van der Waals surface area contributed by atoms with Crippen LogP contribution >= 0.6 is 11.8 Å². The number of thioether (sulfide) groups is 1. The van der Waals surface area contributed by atoms with Crippen LogP contribution in [0.5, 0.6) is 5.75 Å². The lowest BCUT2D eigenvalue weighted by molar-refractivity contribution is -0.137. The van der Waals surface area contributed by atoms with Gasteiger partial charge >= 0.3 is 18.2 Å². The molecule has 9 nitrogen and oxygen atoms in total. The molecule has 1 fully saturated rings. The summed E-state index contributed by atoms with van der Waals surface area (Å²) in [6.07, 6.45) is -3.26. The number of halogens is 3. The lowest BCUT2D eigenvalue weighted by atomic mass is 10.1. The molecule has 0 bridgehead atoms. The Morgan fingerprint density at radius 3 is 2.22 bits per heavy atom. The Hall–Kier alpha value is -4.52. The van der Waals surface area contributed by atoms with Gasteiger partial charge in [0.15, 0.2) is 5.17 Å². The number of amides is 5. The molecule has 1 heterocycles. The van der Waals surface area contributed by atoms with Crippen molar-refractivity contribution in [3.05, 3.63) is 83.4 Å². The molecule has 0 spiro atoms. The van der Waals surface area contributed by atoms with Crippen molar-refractivity contribution in [2.24, 2.45) is 4.99 Å². The molecule has 0 saturated carbocycles. The first kappa shape index (κ1) is 33.4. The number of benzene rings is 3. The Kier molecular flexibility index (Phi) is 10.8. The van der Waals surface area contributed by atoms with Gasteiger partial charge in [0.25, 0.3) is 0 Å². The highest BCUT2D eigenvalue weighted by Crippen LogP contribution is 2.36. The van der Waals surface area contributed by atoms with Crippen molar-refractivity contribution < 1.29 is 32.3 Å². The number of aliphatic imine (C=N–C) groups is 1. The molecule has 3 aromatic carbocycles. The summed E-state index contributed by atoms with van der Waals surface area (Å²) < 4.78 is 44.2. The zero-order chi connectivity index (χ0) is 32.7. The van der Waals surface area contributed by atoms with Gasteiger partial charge in [-0.1, -0.05) is 36.9 Å². The van der Waals surface area contributed by atoms with Crippen LogP contribution in [0, 0.1) is 6.92 Å². The number of carbonyl (C=O) groups is 3. The van der Waals surface area contributed by atoms with E-state index < -0.39 is 23.8 Å². The number of rotatable bonds is 9. The molecule has 0 aliphatic carbocycles. The monoisotopic (exact) mass is 641 g/mol. The first-order chi connectivity index (χ1) is 21.3. The summed E-state index contributed by atoms with van der Waals surface area (Å²) in [7, 11) is 0. The number of aryl methyl sites for hydroxylation is 1. The summed E-state index contributed by atoms with van der Waals surface area (Å²) >= 11 is 1.19. The van der Waals surface area contributed by atoms with Crippen LogP contribution in [0.25, 0.3) is 0 Å². The second-order valence-electron chi connectivity index (χ2n) is 10.6. The maximum absolute atomic E-state index is 12.9. The van der Waals surface area contributed by atoms with Crippen LogP contribution in [0.3, 0.4) is 0 Å². The first-order valence-corrected chi connectivity index (χ1v) is 15.3. The topological polar surface area (TPSA) is 112 Å². The number of hydrogen-bond donors (Lipinski definition) is 3. The van der Waals surface area contributed by atoms with E-state index in [1.807, 2.05) is 45.9 Å². The first-order valence-electron chi connectivity index (χ1n) is 14.3. The van der Waals surface area contributed by atoms with Gasteiger partial charge in [-0.25, -0.2) is 9.59 Å². The predicted molar refractivity (Wildman–Crippen MR) is 171 cm³/mol. The van der Waals surface area contributed by atoms with Crippen molar-refractivity contribution in [3.8, 4) is 5.75 Å². The van der Waals surface area contributed by atoms with E-state index in [9.17, 15) is 27.6 Å². The standard InChI is InChI=1S/C32H34F3N5O4S/c1-5-21(4)44-27-15-6-19(2)16-26(27)40-28(41)18-45-31(40)39-29(42)36-20(3)17-22-7-11-24(12-8-22)37-30(43)38-25-13-9-23(10-14-25)32(33,34)35/h6-16,20-21H,5,17-18H2,1-4H3,(H,36,42)(H2,37,38,43)/b39-31-. The quantitative estimate of drug-likeness (QED) is 0.223. The van der Waals surface area contributed by atoms with Gasteiger partial charge in [-0.2, -0.15) is 18.2 Å². The van der Waals surface area contributed by atoms with Gasteiger partial charge in [-0.3, -0.25) is 9.69 Å². The van der Waals surface area contributed by atoms with E-state index in [1.54, 1.807) is 24.3 Å². The highest BCUT2D eigenvalue weighted by atomic mass is 32.2. The number of ether oxygens (including phenoxy) is 1. The SMILES string of the molecule is CCC(C)Oc1ccc(C)cc1N1C(=O)CS/C1=N\C(=O)NC(C)Cc1ccc(NC(=O)Nc2ccc(C(F)(F)F)cc2)cc1. The molecule has 0 radical (unpaired) electrons. The number of carbonyl (C=O) groups excluding carboxylic acids is 3. The summed E-state index contributed by atoms with van der Waals surface area (Å²) in [5.41, 5.74) is 2.24. The molecule has 1 aliphatic rings. The van der Waals surface area contributed by atoms with Crippen molar-refractivity contribution in [2.45, 2.75) is 58.9 Å². The van der Waals surface area contributed by atoms with Gasteiger partial charge in [0.1, 0.15) is 5.75 Å². The van der Waals surface area contributed by atoms with Crippen molar-refractivity contribution in [3.63, 3.8) is 0 Å². The van der Waals surface area contributed by atoms with Gasteiger partial charge in [0, 0.05) is 17.4 Å². The number of urea groups is 2. The number of nitrogens with zero attached hydrogens (tertiary/aromatic N) is 2. The van der Waals surface area contributed by atoms with Crippen LogP contribution in [0.15, 0.2) is 71.7 Å². The third kappa shape index (κ3) is 9.24. The van der Waals surface area contributed by atoms with Crippen molar-refractivity contribution in [1.29, 1.82) is 0 Å². The molecule has 45 heavy (non-hydrogen) atoms. The van der Waals surface area contributed by atoms with Gasteiger partial charge < -0.3 is 20.7 Å². The normalized spacial score (nSPS) is 15.5. The summed E-state index contributed by atoms with van der Waals surface area (Å²) in [4.78, 5) is 43.6. The number of amidine groups is 1. The van der Waals surface area contributed by atoms with Crippen LogP contribution < -0.4 is 25.6 Å². The van der Waals surface area contributed by atoms with Crippen LogP contribution in [0.1, 0.15) is 43.9 Å². The third-order valence-corrected chi connectivity index (χ3v) is 7.74. The molecule has 1 aliphatic heterocycles. The van der Waals surface area contributed by atoms with E-state index in [-0.39, 0.29) is 34.7 Å². The molecule has 5 amide bonds. The molecular formula is C32H34F3N5O4S. The molecule has 238 valence electrons. The third-order valence-electron chi connectivity index (χ3n) is 6.81. The van der Waals surface area contributed by atoms with E-state index in [0.29, 0.717) is 23.5 Å². The molecule has 3 N–H and O–H groups in total. The smallest absolute Gasteiger partial charge is 0.416 e. The van der Waals surface area contributed by atoms with E-state index >= 15 is 0 Å². The maximum atomic E-state index is 12.9. The van der Waals surface area contributed by atoms with Crippen LogP contribution in [-0.4, -0.2) is 41.0 Å². The van der Waals surface area contributed by atoms with Crippen molar-refractivity contribution >= 4 is 52.0 Å². The molecule has 2 unspecified atom stereocenters. The Morgan fingerprint density at radius 2 is 1.62 bits per heavy atom. The fourth-order valence-corrected chi connectivity index (χ4v) is 5.24. The Balaban J connectivity index is 1.33. The average Bonchev–Trinajstić information content (AvgIpc) is 3.33. The van der Waals surface area contributed by atoms with E-state index in [1.165, 1.54) is 28.8 Å². The van der Waals surface area contributed by atoms with E-state index in [0.717, 1.165) is 29.7 Å². The fourth-order valence-electron chi connectivity index (χ4n) is 4.38. The second-order valence-corrected chi connectivity index (χ2v) is 11.6. The van der Waals surface area contributed by atoms with Gasteiger partial charge in [-0.15, -0.1) is 0 Å². The highest BCUT2D eigenvalue weighted by Gasteiger charge is 2.33. The van der Waals surface area contributed by atoms with Gasteiger partial charge in [0.05, 0.1) is 23.1 Å². The predicted octanol–water partition coefficient (Wildman–Crippen LogP) is 7.61. The number of anilines is 3. The molecule has 4 rings (SSSR count). The zero-order valence-corrected chi connectivity index (χ0v) is 26.0. The van der Waals surface area contributed by atoms with Crippen LogP contribution in [0.2, 0.25) is 0 Å². The minimum absolute atomic E-state index is 0.0592. The number of nitrogens with one attached hydrogen (secondary N) is 3. The summed E-state index contributed by atoms with van der Waals surface area (Å²) in [6.45, 7) is 7.69. The van der Waals surface area contributed by atoms with Gasteiger partial charge in [0.2, 0.25) is 5.91 Å². The van der Waals surface area contributed by atoms with Crippen molar-refractivity contribution in [2.75, 3.05) is 21.3 Å². The van der Waals surface area contributed by atoms with E-state index in [4.69, 9.17) is 4.74 Å². The van der Waals surface area contributed by atoms with Crippen molar-refractivity contribution in [1.82, 2.24) is 5.32 Å². The highest BCUT2D eigenvalue weighted by molar-refractivity contribution is 8.15. The van der Waals surface area contributed by atoms with Crippen LogP contribution in [-0.2, 0) is 17.4 Å². The largest absolute Gasteiger partial charge is 0.489 e. The lowest BCUT2D eigenvalue weighted by Crippen LogP contribution is -2.35. The summed E-state index contributed by atoms with van der Waals surface area (Å²) in [6, 6.07) is 15.1. The Morgan fingerprint density at radius 1 is 1.00 bits per heavy atom.